The van der Waals surface area contributed by atoms with Gasteiger partial charge in [0.15, 0.2) is 0 Å². The lowest BCUT2D eigenvalue weighted by Crippen LogP contribution is -1.94. The van der Waals surface area contributed by atoms with Gasteiger partial charge >= 0.3 is 0 Å². The highest BCUT2D eigenvalue weighted by Gasteiger charge is 2.12. The van der Waals surface area contributed by atoms with Gasteiger partial charge in [0.2, 0.25) is 0 Å². The van der Waals surface area contributed by atoms with Crippen LogP contribution in [-0.2, 0) is 0 Å². The average Bonchev–Trinajstić information content (AvgIpc) is 2.64. The highest BCUT2D eigenvalue weighted by atomic mass is 33.1. The molecular weight excluding hydrogens is 366 g/mol. The van der Waals surface area contributed by atoms with Crippen molar-refractivity contribution in [2.24, 2.45) is 0 Å². The minimum Gasteiger partial charge on any atom is -0.399 e. The van der Waals surface area contributed by atoms with E-state index >= 15 is 0 Å². The van der Waals surface area contributed by atoms with Gasteiger partial charge in [-0.2, -0.15) is 0 Å². The van der Waals surface area contributed by atoms with E-state index < -0.39 is 9.52 Å². The van der Waals surface area contributed by atoms with Gasteiger partial charge in [-0.15, -0.1) is 0 Å². The minimum atomic E-state index is -0.441. The van der Waals surface area contributed by atoms with Crippen LogP contribution in [0.25, 0.3) is 0 Å². The summed E-state index contributed by atoms with van der Waals surface area (Å²) in [6.45, 7) is 0. The van der Waals surface area contributed by atoms with Crippen molar-refractivity contribution in [3.63, 3.8) is 0 Å². The van der Waals surface area contributed by atoms with E-state index in [1.807, 2.05) is 53.9 Å². The first kappa shape index (κ1) is 18.0. The molecule has 4 N–H and O–H groups in total. The summed E-state index contributed by atoms with van der Waals surface area (Å²) in [5.41, 5.74) is 13.6. The summed E-state index contributed by atoms with van der Waals surface area (Å²) in [6, 6.07) is 21.9. The number of nitrogens with zero attached hydrogens (tertiary/aromatic N) is 1. The van der Waals surface area contributed by atoms with Crippen molar-refractivity contribution < 1.29 is 4.92 Å². The number of para-hydroxylation sites is 1. The number of nitro benzene ring substituents is 1. The third-order valence-electron chi connectivity index (χ3n) is 3.55. The second-order valence-electron chi connectivity index (χ2n) is 5.45. The third-order valence-corrected chi connectivity index (χ3v) is 7.38. The van der Waals surface area contributed by atoms with Gasteiger partial charge < -0.3 is 11.5 Å². The quantitative estimate of drug-likeness (QED) is 0.214. The molecule has 3 rings (SSSR count). The van der Waals surface area contributed by atoms with E-state index in [-0.39, 0.29) is 10.6 Å². The highest BCUT2D eigenvalue weighted by Crippen LogP contribution is 2.45. The molecule has 0 aliphatic carbocycles. The topological polar surface area (TPSA) is 95.2 Å². The summed E-state index contributed by atoms with van der Waals surface area (Å²) in [5, 5.41) is 13.3. The zero-order valence-corrected chi connectivity index (χ0v) is 15.4. The molecule has 3 aromatic rings. The van der Waals surface area contributed by atoms with E-state index in [0.29, 0.717) is 16.9 Å². The number of nitro groups is 1. The number of nitrogens with two attached hydrogens (primary N) is 2. The Labute approximate surface area is 157 Å². The van der Waals surface area contributed by atoms with Crippen molar-refractivity contribution in [2.75, 3.05) is 11.5 Å². The Morgan fingerprint density at radius 3 is 2.08 bits per heavy atom. The molecule has 0 saturated carbocycles. The lowest BCUT2D eigenvalue weighted by Gasteiger charge is -2.10. The van der Waals surface area contributed by atoms with E-state index in [0.717, 1.165) is 9.79 Å². The van der Waals surface area contributed by atoms with Gasteiger partial charge in [0.1, 0.15) is 0 Å². The average molecular weight is 383 g/mol. The van der Waals surface area contributed by atoms with E-state index in [1.54, 1.807) is 29.0 Å². The molecule has 3 aromatic carbocycles. The molecule has 0 saturated heterocycles. The zero-order chi connectivity index (χ0) is 18.5. The van der Waals surface area contributed by atoms with Crippen LogP contribution in [0.2, 0.25) is 0 Å². The molecule has 0 amide bonds. The number of nitrogen functional groups attached to an aromatic ring is 2. The highest BCUT2D eigenvalue weighted by molar-refractivity contribution is 8.83. The first-order chi connectivity index (χ1) is 12.5. The number of hydrogen-bond acceptors (Lipinski definition) is 5. The van der Waals surface area contributed by atoms with Crippen molar-refractivity contribution in [3.8, 4) is 0 Å². The van der Waals surface area contributed by atoms with Crippen LogP contribution < -0.4 is 11.5 Å². The fraction of sp³-hybridized carbons (Fsp3) is 0. The Hall–Kier alpha value is -2.77. The fourth-order valence-electron chi connectivity index (χ4n) is 2.24. The Bertz CT molecular complexity index is 955. The Kier molecular flexibility index (Phi) is 5.60. The van der Waals surface area contributed by atoms with E-state index in [1.165, 1.54) is 6.07 Å². The summed E-state index contributed by atoms with van der Waals surface area (Å²) in [4.78, 5) is 13.1. The predicted molar refractivity (Wildman–Crippen MR) is 112 cm³/mol. The van der Waals surface area contributed by atoms with Gasteiger partial charge in [-0.25, -0.2) is 0 Å². The molecule has 1 unspecified atom stereocenters. The fourth-order valence-corrected chi connectivity index (χ4v) is 5.84. The Balaban J connectivity index is 2.06. The molecule has 0 aliphatic rings. The zero-order valence-electron chi connectivity index (χ0n) is 13.7. The van der Waals surface area contributed by atoms with Crippen LogP contribution in [0.3, 0.4) is 0 Å². The molecule has 132 valence electrons. The molecule has 26 heavy (non-hydrogen) atoms. The van der Waals surface area contributed by atoms with Gasteiger partial charge in [-0.05, 0) is 60.0 Å². The summed E-state index contributed by atoms with van der Waals surface area (Å²) < 4.78 is 0. The lowest BCUT2D eigenvalue weighted by atomic mass is 10.2. The van der Waals surface area contributed by atoms with Crippen molar-refractivity contribution in [3.05, 3.63) is 88.5 Å². The van der Waals surface area contributed by atoms with Crippen LogP contribution >= 0.6 is 20.3 Å². The standard InChI is InChI=1S/C19H17N3O2S2/c20-15-5-9-17(10-6-15)25-26(18-11-7-16(21)8-12-18)13-14-3-1-2-4-19(14)22(23)24/h1-13H,20-21H2. The summed E-state index contributed by atoms with van der Waals surface area (Å²) in [6.07, 6.45) is 0. The van der Waals surface area contributed by atoms with Gasteiger partial charge in [0.25, 0.3) is 5.69 Å². The predicted octanol–water partition coefficient (Wildman–Crippen LogP) is 4.94. The first-order valence-corrected chi connectivity index (χ1v) is 10.4. The number of hydrogen-bond donors (Lipinski definition) is 2. The Morgan fingerprint density at radius 2 is 1.46 bits per heavy atom. The van der Waals surface area contributed by atoms with Crippen molar-refractivity contribution in [2.45, 2.75) is 9.79 Å². The Morgan fingerprint density at radius 1 is 0.885 bits per heavy atom. The van der Waals surface area contributed by atoms with Crippen LogP contribution in [0.4, 0.5) is 17.1 Å². The van der Waals surface area contributed by atoms with Crippen molar-refractivity contribution >= 4 is 42.7 Å². The summed E-state index contributed by atoms with van der Waals surface area (Å²) in [5.74, 6) is 0. The van der Waals surface area contributed by atoms with Gasteiger partial charge in [0, 0.05) is 27.2 Å². The molecule has 0 bridgehead atoms. The molecule has 1 atom stereocenters. The number of anilines is 2. The van der Waals surface area contributed by atoms with Crippen LogP contribution in [0, 0.1) is 10.1 Å². The van der Waals surface area contributed by atoms with Crippen LogP contribution in [-0.4, -0.2) is 10.3 Å². The maximum Gasteiger partial charge on any atom is 0.277 e. The van der Waals surface area contributed by atoms with Crippen molar-refractivity contribution in [1.82, 2.24) is 0 Å². The van der Waals surface area contributed by atoms with E-state index in [9.17, 15) is 10.1 Å². The van der Waals surface area contributed by atoms with E-state index in [4.69, 9.17) is 11.5 Å². The largest absolute Gasteiger partial charge is 0.399 e. The molecule has 0 aliphatic heterocycles. The molecule has 0 aromatic heterocycles. The minimum absolute atomic E-state index is 0.0957. The molecule has 0 heterocycles. The SMILES string of the molecule is Nc1ccc(SS(=Cc2ccccc2[N+](=O)[O-])c2ccc(N)cc2)cc1. The molecule has 0 spiro atoms. The molecule has 0 fully saturated rings. The normalized spacial score (nSPS) is 12.0. The van der Waals surface area contributed by atoms with Gasteiger partial charge in [-0.1, -0.05) is 32.4 Å². The maximum atomic E-state index is 11.3. The monoisotopic (exact) mass is 383 g/mol. The summed E-state index contributed by atoms with van der Waals surface area (Å²) >= 11 is 0. The second-order valence-corrected chi connectivity index (χ2v) is 8.97. The number of benzene rings is 3. The van der Waals surface area contributed by atoms with Crippen LogP contribution in [0.5, 0.6) is 0 Å². The molecule has 0 radical (unpaired) electrons. The number of rotatable bonds is 5. The smallest absolute Gasteiger partial charge is 0.277 e. The maximum absolute atomic E-state index is 11.3. The summed E-state index contributed by atoms with van der Waals surface area (Å²) in [7, 11) is 1.18. The second kappa shape index (κ2) is 8.07. The first-order valence-electron chi connectivity index (χ1n) is 7.74. The van der Waals surface area contributed by atoms with Gasteiger partial charge in [0.05, 0.1) is 10.5 Å². The molecule has 5 nitrogen and oxygen atoms in total. The van der Waals surface area contributed by atoms with Crippen LogP contribution in [0.1, 0.15) is 5.56 Å². The van der Waals surface area contributed by atoms with E-state index in [2.05, 4.69) is 0 Å². The van der Waals surface area contributed by atoms with Crippen LogP contribution in [0.15, 0.2) is 82.6 Å². The van der Waals surface area contributed by atoms with Gasteiger partial charge in [-0.3, -0.25) is 10.1 Å². The lowest BCUT2D eigenvalue weighted by molar-refractivity contribution is -0.385. The van der Waals surface area contributed by atoms with Crippen molar-refractivity contribution in [1.29, 1.82) is 0 Å². The molecule has 7 heteroatoms. The molecular formula is C19H17N3O2S2. The third kappa shape index (κ3) is 4.44.